The van der Waals surface area contributed by atoms with Gasteiger partial charge in [0.1, 0.15) is 0 Å². The van der Waals surface area contributed by atoms with Gasteiger partial charge < -0.3 is 15.2 Å². The minimum atomic E-state index is -0.237. The largest absolute Gasteiger partial charge is 0.381 e. The molecule has 0 aromatic carbocycles. The van der Waals surface area contributed by atoms with E-state index in [0.29, 0.717) is 0 Å². The summed E-state index contributed by atoms with van der Waals surface area (Å²) in [5.41, 5.74) is 7.22. The summed E-state index contributed by atoms with van der Waals surface area (Å²) in [4.78, 5) is 0. The predicted molar refractivity (Wildman–Crippen MR) is 61.0 cm³/mol. The van der Waals surface area contributed by atoms with E-state index >= 15 is 0 Å². The Balaban J connectivity index is 2.18. The van der Waals surface area contributed by atoms with Crippen molar-refractivity contribution in [2.24, 2.45) is 5.73 Å². The SMILES string of the molecule is COC1(C(N)c2ccsc2)CCOCC1. The fraction of sp³-hybridized carbons (Fsp3) is 0.636. The fourth-order valence-electron chi connectivity index (χ4n) is 2.11. The van der Waals surface area contributed by atoms with Gasteiger partial charge in [0.05, 0.1) is 11.6 Å². The molecule has 0 bridgehead atoms. The van der Waals surface area contributed by atoms with Gasteiger partial charge in [-0.15, -0.1) is 0 Å². The Bertz CT molecular complexity index is 294. The van der Waals surface area contributed by atoms with Crippen LogP contribution in [0, 0.1) is 0 Å². The Hall–Kier alpha value is -0.420. The molecule has 1 fully saturated rings. The first-order valence-electron chi connectivity index (χ1n) is 5.19. The molecule has 1 aliphatic heterocycles. The van der Waals surface area contributed by atoms with E-state index in [2.05, 4.69) is 16.8 Å². The van der Waals surface area contributed by atoms with Crippen LogP contribution in [-0.4, -0.2) is 25.9 Å². The van der Waals surface area contributed by atoms with E-state index < -0.39 is 0 Å². The average Bonchev–Trinajstić information content (AvgIpc) is 2.82. The van der Waals surface area contributed by atoms with Crippen molar-refractivity contribution in [2.75, 3.05) is 20.3 Å². The van der Waals surface area contributed by atoms with Gasteiger partial charge in [-0.05, 0) is 22.4 Å². The second-order valence-electron chi connectivity index (χ2n) is 3.92. The number of methoxy groups -OCH3 is 1. The van der Waals surface area contributed by atoms with Crippen LogP contribution in [0.1, 0.15) is 24.4 Å². The summed E-state index contributed by atoms with van der Waals surface area (Å²) in [7, 11) is 1.75. The minimum absolute atomic E-state index is 0.0438. The molecule has 0 saturated carbocycles. The number of rotatable bonds is 3. The molecule has 1 atom stereocenters. The summed E-state index contributed by atoms with van der Waals surface area (Å²) in [6.45, 7) is 1.48. The lowest BCUT2D eigenvalue weighted by Gasteiger charge is -2.40. The fourth-order valence-corrected chi connectivity index (χ4v) is 2.81. The van der Waals surface area contributed by atoms with Crippen LogP contribution < -0.4 is 5.73 Å². The van der Waals surface area contributed by atoms with Gasteiger partial charge in [-0.3, -0.25) is 0 Å². The Morgan fingerprint density at radius 3 is 2.80 bits per heavy atom. The highest BCUT2D eigenvalue weighted by Gasteiger charge is 2.39. The first-order chi connectivity index (χ1) is 7.28. The smallest absolute Gasteiger partial charge is 0.0914 e. The molecule has 1 aliphatic rings. The van der Waals surface area contributed by atoms with E-state index in [1.807, 2.05) is 0 Å². The van der Waals surface area contributed by atoms with Crippen LogP contribution in [0.4, 0.5) is 0 Å². The zero-order chi connectivity index (χ0) is 10.7. The van der Waals surface area contributed by atoms with Crippen LogP contribution in [-0.2, 0) is 9.47 Å². The van der Waals surface area contributed by atoms with Crippen LogP contribution in [0.2, 0.25) is 0 Å². The monoisotopic (exact) mass is 227 g/mol. The normalized spacial score (nSPS) is 22.5. The predicted octanol–water partition coefficient (Wildman–Crippen LogP) is 1.94. The molecule has 2 rings (SSSR count). The molecule has 1 aromatic rings. The average molecular weight is 227 g/mol. The van der Waals surface area contributed by atoms with Gasteiger partial charge in [0.15, 0.2) is 0 Å². The van der Waals surface area contributed by atoms with Crippen LogP contribution in [0.5, 0.6) is 0 Å². The lowest BCUT2D eigenvalue weighted by molar-refractivity contribution is -0.104. The Labute approximate surface area is 94.2 Å². The van der Waals surface area contributed by atoms with E-state index in [1.54, 1.807) is 18.4 Å². The highest BCUT2D eigenvalue weighted by atomic mass is 32.1. The van der Waals surface area contributed by atoms with Gasteiger partial charge in [-0.25, -0.2) is 0 Å². The lowest BCUT2D eigenvalue weighted by Crippen LogP contribution is -2.47. The number of ether oxygens (including phenoxy) is 2. The maximum Gasteiger partial charge on any atom is 0.0914 e. The molecule has 2 heterocycles. The van der Waals surface area contributed by atoms with Crippen molar-refractivity contribution < 1.29 is 9.47 Å². The summed E-state index contributed by atoms with van der Waals surface area (Å²) >= 11 is 1.67. The van der Waals surface area contributed by atoms with Crippen molar-refractivity contribution in [3.05, 3.63) is 22.4 Å². The van der Waals surface area contributed by atoms with Gasteiger partial charge in [0.25, 0.3) is 0 Å². The van der Waals surface area contributed by atoms with Crippen molar-refractivity contribution >= 4 is 11.3 Å². The summed E-state index contributed by atoms with van der Waals surface area (Å²) < 4.78 is 11.0. The van der Waals surface area contributed by atoms with Crippen molar-refractivity contribution in [3.63, 3.8) is 0 Å². The van der Waals surface area contributed by atoms with Gasteiger partial charge in [-0.2, -0.15) is 11.3 Å². The topological polar surface area (TPSA) is 44.5 Å². The van der Waals surface area contributed by atoms with E-state index in [1.165, 1.54) is 5.56 Å². The van der Waals surface area contributed by atoms with E-state index in [-0.39, 0.29) is 11.6 Å². The zero-order valence-electron chi connectivity index (χ0n) is 8.94. The molecular weight excluding hydrogens is 210 g/mol. The Morgan fingerprint density at radius 2 is 2.27 bits per heavy atom. The molecule has 0 spiro atoms. The number of thiophene rings is 1. The molecule has 2 N–H and O–H groups in total. The molecule has 3 nitrogen and oxygen atoms in total. The third kappa shape index (κ3) is 2.08. The highest BCUT2D eigenvalue weighted by molar-refractivity contribution is 7.07. The molecule has 4 heteroatoms. The second-order valence-corrected chi connectivity index (χ2v) is 4.70. The Kier molecular flexibility index (Phi) is 3.41. The number of hydrogen-bond acceptors (Lipinski definition) is 4. The van der Waals surface area contributed by atoms with Crippen molar-refractivity contribution in [1.29, 1.82) is 0 Å². The van der Waals surface area contributed by atoms with Gasteiger partial charge in [-0.1, -0.05) is 0 Å². The zero-order valence-corrected chi connectivity index (χ0v) is 9.76. The van der Waals surface area contributed by atoms with Crippen LogP contribution >= 0.6 is 11.3 Å². The van der Waals surface area contributed by atoms with Crippen molar-refractivity contribution in [1.82, 2.24) is 0 Å². The van der Waals surface area contributed by atoms with Crippen LogP contribution in [0.25, 0.3) is 0 Å². The van der Waals surface area contributed by atoms with Gasteiger partial charge >= 0.3 is 0 Å². The number of nitrogens with two attached hydrogens (primary N) is 1. The quantitative estimate of drug-likeness (QED) is 0.858. The standard InChI is InChI=1S/C11H17NO2S/c1-13-11(3-5-14-6-4-11)10(12)9-2-7-15-8-9/h2,7-8,10H,3-6,12H2,1H3. The van der Waals surface area contributed by atoms with Crippen molar-refractivity contribution in [2.45, 2.75) is 24.5 Å². The maximum absolute atomic E-state index is 6.29. The molecule has 0 amide bonds. The van der Waals surface area contributed by atoms with Crippen molar-refractivity contribution in [3.8, 4) is 0 Å². The summed E-state index contributed by atoms with van der Waals surface area (Å²) in [6.07, 6.45) is 1.75. The molecule has 1 unspecified atom stereocenters. The summed E-state index contributed by atoms with van der Waals surface area (Å²) in [6, 6.07) is 2.03. The Morgan fingerprint density at radius 1 is 1.53 bits per heavy atom. The molecule has 84 valence electrons. The molecule has 1 saturated heterocycles. The first kappa shape index (κ1) is 11.1. The molecule has 0 radical (unpaired) electrons. The second kappa shape index (κ2) is 4.61. The van der Waals surface area contributed by atoms with Gasteiger partial charge in [0, 0.05) is 33.2 Å². The highest BCUT2D eigenvalue weighted by Crippen LogP contribution is 2.36. The van der Waals surface area contributed by atoms with Gasteiger partial charge in [0.2, 0.25) is 0 Å². The molecular formula is C11H17NO2S. The molecule has 15 heavy (non-hydrogen) atoms. The minimum Gasteiger partial charge on any atom is -0.381 e. The number of hydrogen-bond donors (Lipinski definition) is 1. The third-order valence-electron chi connectivity index (χ3n) is 3.21. The van der Waals surface area contributed by atoms with E-state index in [0.717, 1.165) is 26.1 Å². The molecule has 1 aromatic heterocycles. The maximum atomic E-state index is 6.29. The molecule has 0 aliphatic carbocycles. The first-order valence-corrected chi connectivity index (χ1v) is 6.13. The summed E-state index contributed by atoms with van der Waals surface area (Å²) in [5.74, 6) is 0. The van der Waals surface area contributed by atoms with E-state index in [9.17, 15) is 0 Å². The summed E-state index contributed by atoms with van der Waals surface area (Å²) in [5, 5.41) is 4.15. The van der Waals surface area contributed by atoms with E-state index in [4.69, 9.17) is 15.2 Å². The third-order valence-corrected chi connectivity index (χ3v) is 3.92. The van der Waals surface area contributed by atoms with Crippen LogP contribution in [0.15, 0.2) is 16.8 Å². The lowest BCUT2D eigenvalue weighted by atomic mass is 9.83. The van der Waals surface area contributed by atoms with Crippen LogP contribution in [0.3, 0.4) is 0 Å².